The summed E-state index contributed by atoms with van der Waals surface area (Å²) in [7, 11) is 4.67. The van der Waals surface area contributed by atoms with Crippen LogP contribution >= 0.6 is 10.7 Å². The fraction of sp³-hybridized carbons (Fsp3) is 0.300. The molecule has 0 unspecified atom stereocenters. The molecule has 0 saturated heterocycles. The van der Waals surface area contributed by atoms with E-state index in [1.54, 1.807) is 0 Å². The van der Waals surface area contributed by atoms with Gasteiger partial charge in [-0.2, -0.15) is 0 Å². The van der Waals surface area contributed by atoms with Gasteiger partial charge in [-0.25, -0.2) is 13.2 Å². The normalized spacial score (nSPS) is 10.9. The number of carbonyl (C=O) groups is 1. The Kier molecular flexibility index (Phi) is 4.48. The molecule has 1 N–H and O–H groups in total. The van der Waals surface area contributed by atoms with Crippen LogP contribution in [0.15, 0.2) is 11.0 Å². The first-order valence-electron chi connectivity index (χ1n) is 4.78. The molecule has 0 amide bonds. The monoisotopic (exact) mass is 310 g/mol. The molecule has 0 aliphatic rings. The maximum absolute atomic E-state index is 11.5. The molecule has 0 radical (unpaired) electrons. The molecular weight excluding hydrogens is 300 g/mol. The molecule has 9 heteroatoms. The summed E-state index contributed by atoms with van der Waals surface area (Å²) in [5.74, 6) is -1.93. The van der Waals surface area contributed by atoms with Crippen LogP contribution in [0.3, 0.4) is 0 Å². The Balaban J connectivity index is 3.87. The van der Waals surface area contributed by atoms with Gasteiger partial charge in [0.25, 0.3) is 9.05 Å². The van der Waals surface area contributed by atoms with Gasteiger partial charge in [-0.1, -0.05) is 0 Å². The molecular formula is C10H11ClO7S. The molecule has 1 aromatic carbocycles. The smallest absolute Gasteiger partial charge is 0.339 e. The number of benzene rings is 1. The molecule has 0 aliphatic heterocycles. The number of hydrogen-bond donors (Lipinski definition) is 1. The van der Waals surface area contributed by atoms with Gasteiger partial charge in [0.05, 0.1) is 21.3 Å². The van der Waals surface area contributed by atoms with E-state index in [1.165, 1.54) is 21.3 Å². The van der Waals surface area contributed by atoms with Crippen molar-refractivity contribution in [2.75, 3.05) is 21.3 Å². The standard InChI is InChI=1S/C10H11ClO7S/c1-16-7-5(10(12)13)4-6(19(11,14)15)8(17-2)9(7)18-3/h4H,1-3H3,(H,12,13). The van der Waals surface area contributed by atoms with Gasteiger partial charge >= 0.3 is 5.97 Å². The Morgan fingerprint density at radius 1 is 1.11 bits per heavy atom. The summed E-state index contributed by atoms with van der Waals surface area (Å²) < 4.78 is 37.7. The van der Waals surface area contributed by atoms with Crippen molar-refractivity contribution in [3.05, 3.63) is 11.6 Å². The van der Waals surface area contributed by atoms with Gasteiger partial charge in [-0.3, -0.25) is 0 Å². The highest BCUT2D eigenvalue weighted by Crippen LogP contribution is 2.45. The second-order valence-electron chi connectivity index (χ2n) is 3.27. The molecule has 7 nitrogen and oxygen atoms in total. The van der Waals surface area contributed by atoms with Crippen LogP contribution in [0.5, 0.6) is 17.2 Å². The highest BCUT2D eigenvalue weighted by Gasteiger charge is 2.29. The SMILES string of the molecule is COc1c(C(=O)O)cc(S(=O)(=O)Cl)c(OC)c1OC. The zero-order valence-electron chi connectivity index (χ0n) is 10.3. The molecule has 19 heavy (non-hydrogen) atoms. The lowest BCUT2D eigenvalue weighted by molar-refractivity contribution is 0.0692. The van der Waals surface area contributed by atoms with E-state index in [-0.39, 0.29) is 17.2 Å². The number of hydrogen-bond acceptors (Lipinski definition) is 6. The molecule has 0 bridgehead atoms. The summed E-state index contributed by atoms with van der Waals surface area (Å²) in [5.41, 5.74) is -0.403. The molecule has 0 heterocycles. The Hall–Kier alpha value is -1.67. The Morgan fingerprint density at radius 3 is 1.89 bits per heavy atom. The van der Waals surface area contributed by atoms with Crippen molar-refractivity contribution in [3.63, 3.8) is 0 Å². The van der Waals surface area contributed by atoms with Crippen molar-refractivity contribution in [2.24, 2.45) is 0 Å². The summed E-state index contributed by atoms with van der Waals surface area (Å²) in [6, 6.07) is 0.852. The van der Waals surface area contributed by atoms with Crippen molar-refractivity contribution in [2.45, 2.75) is 4.90 Å². The average molecular weight is 311 g/mol. The first kappa shape index (κ1) is 15.4. The zero-order chi connectivity index (χ0) is 14.8. The minimum absolute atomic E-state index is 0.157. The van der Waals surface area contributed by atoms with Crippen molar-refractivity contribution in [3.8, 4) is 17.2 Å². The highest BCUT2D eigenvalue weighted by molar-refractivity contribution is 8.13. The predicted octanol–water partition coefficient (Wildman–Crippen LogP) is 1.34. The second kappa shape index (κ2) is 5.54. The number of methoxy groups -OCH3 is 3. The van der Waals surface area contributed by atoms with Crippen LogP contribution < -0.4 is 14.2 Å². The van der Waals surface area contributed by atoms with Gasteiger partial charge in [0.2, 0.25) is 5.75 Å². The molecule has 0 fully saturated rings. The third-order valence-electron chi connectivity index (χ3n) is 2.26. The first-order chi connectivity index (χ1) is 8.77. The number of carboxylic acids is 1. The Morgan fingerprint density at radius 2 is 1.58 bits per heavy atom. The molecule has 0 spiro atoms. The van der Waals surface area contributed by atoms with Crippen LogP contribution in [0.2, 0.25) is 0 Å². The minimum Gasteiger partial charge on any atom is -0.492 e. The number of ether oxygens (including phenoxy) is 3. The van der Waals surface area contributed by atoms with Crippen molar-refractivity contribution in [1.82, 2.24) is 0 Å². The summed E-state index contributed by atoms with van der Waals surface area (Å²) >= 11 is 0. The summed E-state index contributed by atoms with van der Waals surface area (Å²) in [4.78, 5) is 10.6. The number of halogens is 1. The predicted molar refractivity (Wildman–Crippen MR) is 66.1 cm³/mol. The van der Waals surface area contributed by atoms with E-state index in [2.05, 4.69) is 0 Å². The lowest BCUT2D eigenvalue weighted by Gasteiger charge is -2.16. The topological polar surface area (TPSA) is 99.1 Å². The van der Waals surface area contributed by atoms with Gasteiger partial charge in [-0.15, -0.1) is 0 Å². The molecule has 0 atom stereocenters. The maximum Gasteiger partial charge on any atom is 0.339 e. The summed E-state index contributed by atoms with van der Waals surface area (Å²) in [5, 5.41) is 9.06. The lowest BCUT2D eigenvalue weighted by atomic mass is 10.1. The fourth-order valence-electron chi connectivity index (χ4n) is 1.52. The van der Waals surface area contributed by atoms with Crippen molar-refractivity contribution in [1.29, 1.82) is 0 Å². The van der Waals surface area contributed by atoms with Crippen LogP contribution in [0.25, 0.3) is 0 Å². The van der Waals surface area contributed by atoms with Crippen LogP contribution in [0.1, 0.15) is 10.4 Å². The molecule has 1 aromatic rings. The molecule has 0 saturated carbocycles. The quantitative estimate of drug-likeness (QED) is 0.819. The van der Waals surface area contributed by atoms with E-state index in [4.69, 9.17) is 30.0 Å². The van der Waals surface area contributed by atoms with Gasteiger partial charge in [0.1, 0.15) is 10.5 Å². The fourth-order valence-corrected chi connectivity index (χ4v) is 2.52. The Bertz CT molecular complexity index is 609. The van der Waals surface area contributed by atoms with Gasteiger partial charge in [0.15, 0.2) is 11.5 Å². The van der Waals surface area contributed by atoms with Crippen LogP contribution in [0.4, 0.5) is 0 Å². The number of carboxylic acid groups (broad SMARTS) is 1. The molecule has 106 valence electrons. The second-order valence-corrected chi connectivity index (χ2v) is 5.80. The average Bonchev–Trinajstić information content (AvgIpc) is 2.34. The third-order valence-corrected chi connectivity index (χ3v) is 3.59. The van der Waals surface area contributed by atoms with E-state index in [0.29, 0.717) is 0 Å². The molecule has 1 rings (SSSR count). The van der Waals surface area contributed by atoms with E-state index >= 15 is 0 Å². The van der Waals surface area contributed by atoms with Crippen molar-refractivity contribution >= 4 is 25.7 Å². The maximum atomic E-state index is 11.5. The number of rotatable bonds is 5. The van der Waals surface area contributed by atoms with E-state index < -0.39 is 25.5 Å². The van der Waals surface area contributed by atoms with Crippen LogP contribution in [0, 0.1) is 0 Å². The van der Waals surface area contributed by atoms with Gasteiger partial charge in [0, 0.05) is 10.7 Å². The van der Waals surface area contributed by atoms with Gasteiger partial charge < -0.3 is 19.3 Å². The zero-order valence-corrected chi connectivity index (χ0v) is 11.8. The largest absolute Gasteiger partial charge is 0.492 e. The van der Waals surface area contributed by atoms with E-state index in [1.807, 2.05) is 0 Å². The molecule has 0 aromatic heterocycles. The number of aromatic carboxylic acids is 1. The van der Waals surface area contributed by atoms with E-state index in [0.717, 1.165) is 6.07 Å². The summed E-state index contributed by atoms with van der Waals surface area (Å²) in [6.45, 7) is 0. The minimum atomic E-state index is -4.21. The highest BCUT2D eigenvalue weighted by atomic mass is 35.7. The van der Waals surface area contributed by atoms with Crippen LogP contribution in [-0.4, -0.2) is 40.8 Å². The first-order valence-corrected chi connectivity index (χ1v) is 7.09. The lowest BCUT2D eigenvalue weighted by Crippen LogP contribution is -2.07. The summed E-state index contributed by atoms with van der Waals surface area (Å²) in [6.07, 6.45) is 0. The van der Waals surface area contributed by atoms with E-state index in [9.17, 15) is 13.2 Å². The van der Waals surface area contributed by atoms with Crippen LogP contribution in [-0.2, 0) is 9.05 Å². The van der Waals surface area contributed by atoms with Gasteiger partial charge in [-0.05, 0) is 6.07 Å². The van der Waals surface area contributed by atoms with Crippen molar-refractivity contribution < 1.29 is 32.5 Å². The Labute approximate surface area is 114 Å². The third kappa shape index (κ3) is 2.85. The molecule has 0 aliphatic carbocycles.